The predicted molar refractivity (Wildman–Crippen MR) is 131 cm³/mol. The molecule has 0 saturated heterocycles. The molecule has 4 heteroatoms. The van der Waals surface area contributed by atoms with Gasteiger partial charge in [-0.1, -0.05) is 42.5 Å². The van der Waals surface area contributed by atoms with Gasteiger partial charge in [0.1, 0.15) is 17.3 Å². The molecule has 0 spiro atoms. The number of aromatic nitrogens is 1. The molecule has 0 N–H and O–H groups in total. The van der Waals surface area contributed by atoms with Crippen molar-refractivity contribution in [3.05, 3.63) is 120 Å². The molecule has 0 saturated carbocycles. The fraction of sp³-hybridized carbons (Fsp3) is 0.103. The summed E-state index contributed by atoms with van der Waals surface area (Å²) in [6.07, 6.45) is 7.63. The average Bonchev–Trinajstić information content (AvgIpc) is 2.87. The van der Waals surface area contributed by atoms with Gasteiger partial charge in [0.15, 0.2) is 0 Å². The molecule has 0 fully saturated rings. The van der Waals surface area contributed by atoms with Crippen molar-refractivity contribution >= 4 is 11.8 Å². The van der Waals surface area contributed by atoms with E-state index in [1.165, 1.54) is 6.07 Å². The van der Waals surface area contributed by atoms with E-state index in [-0.39, 0.29) is 5.82 Å². The summed E-state index contributed by atoms with van der Waals surface area (Å²) < 4.78 is 21.1. The quantitative estimate of drug-likeness (QED) is 0.329. The van der Waals surface area contributed by atoms with Gasteiger partial charge in [-0.3, -0.25) is 9.98 Å². The second-order valence-corrected chi connectivity index (χ2v) is 7.90. The highest BCUT2D eigenvalue weighted by atomic mass is 19.1. The first-order valence-electron chi connectivity index (χ1n) is 11.1. The minimum Gasteiger partial charge on any atom is -0.457 e. The number of pyridine rings is 1. The molecule has 1 aromatic heterocycles. The summed E-state index contributed by atoms with van der Waals surface area (Å²) in [5, 5.41) is 0. The molecule has 5 rings (SSSR count). The van der Waals surface area contributed by atoms with Crippen LogP contribution in [0.3, 0.4) is 0 Å². The zero-order chi connectivity index (χ0) is 22.5. The Kier molecular flexibility index (Phi) is 6.07. The highest BCUT2D eigenvalue weighted by Gasteiger charge is 2.16. The summed E-state index contributed by atoms with van der Waals surface area (Å²) in [7, 11) is 0. The topological polar surface area (TPSA) is 34.5 Å². The Morgan fingerprint density at radius 2 is 1.70 bits per heavy atom. The van der Waals surface area contributed by atoms with Gasteiger partial charge in [-0.05, 0) is 72.5 Å². The normalized spacial score (nSPS) is 14.7. The molecule has 3 nitrogen and oxygen atoms in total. The van der Waals surface area contributed by atoms with Crippen molar-refractivity contribution in [3.8, 4) is 22.6 Å². The number of rotatable bonds is 5. The Balaban J connectivity index is 1.52. The summed E-state index contributed by atoms with van der Waals surface area (Å²) >= 11 is 0. The summed E-state index contributed by atoms with van der Waals surface area (Å²) in [5.74, 6) is 1.04. The highest BCUT2D eigenvalue weighted by Crippen LogP contribution is 2.35. The zero-order valence-corrected chi connectivity index (χ0v) is 18.1. The summed E-state index contributed by atoms with van der Waals surface area (Å²) in [6.45, 7) is 0.806. The monoisotopic (exact) mass is 434 g/mol. The Bertz CT molecular complexity index is 1310. The maximum atomic E-state index is 15.0. The molecular weight excluding hydrogens is 411 g/mol. The summed E-state index contributed by atoms with van der Waals surface area (Å²) in [5.41, 5.74) is 5.26. The minimum atomic E-state index is -0.286. The molecule has 2 heterocycles. The number of nitrogens with zero attached hydrogens (tertiary/aromatic N) is 2. The third kappa shape index (κ3) is 4.75. The van der Waals surface area contributed by atoms with Gasteiger partial charge >= 0.3 is 0 Å². The van der Waals surface area contributed by atoms with Crippen molar-refractivity contribution in [3.63, 3.8) is 0 Å². The molecule has 3 aromatic carbocycles. The number of allylic oxidation sites excluding steroid dienone is 1. The molecule has 0 amide bonds. The van der Waals surface area contributed by atoms with Gasteiger partial charge in [0, 0.05) is 35.6 Å². The number of ether oxygens (including phenoxy) is 1. The SMILES string of the molecule is Fc1ccc(C=C2CCCN=C2c2cccnc2)cc1-c1ccccc1Oc1ccccc1. The number of para-hydroxylation sites is 2. The van der Waals surface area contributed by atoms with E-state index in [0.29, 0.717) is 22.6 Å². The van der Waals surface area contributed by atoms with Crippen LogP contribution in [-0.4, -0.2) is 17.2 Å². The lowest BCUT2D eigenvalue weighted by Crippen LogP contribution is -2.11. The molecule has 0 aliphatic carbocycles. The van der Waals surface area contributed by atoms with E-state index in [0.717, 1.165) is 41.8 Å². The van der Waals surface area contributed by atoms with Crippen molar-refractivity contribution in [2.45, 2.75) is 12.8 Å². The molecule has 162 valence electrons. The van der Waals surface area contributed by atoms with Crippen LogP contribution in [-0.2, 0) is 0 Å². The van der Waals surface area contributed by atoms with E-state index in [2.05, 4.69) is 11.1 Å². The highest BCUT2D eigenvalue weighted by molar-refractivity contribution is 6.15. The van der Waals surface area contributed by atoms with E-state index < -0.39 is 0 Å². The van der Waals surface area contributed by atoms with Crippen molar-refractivity contribution in [1.82, 2.24) is 4.98 Å². The standard InChI is InChI=1S/C29H23FN2O/c30-27-15-14-21(18-22-8-7-17-32-29(22)23-9-6-16-31-20-23)19-26(27)25-12-4-5-13-28(25)33-24-10-2-1-3-11-24/h1-6,9-16,18-20H,7-8,17H2. The van der Waals surface area contributed by atoms with Crippen molar-refractivity contribution in [2.24, 2.45) is 4.99 Å². The molecule has 0 bridgehead atoms. The van der Waals surface area contributed by atoms with E-state index in [1.54, 1.807) is 6.20 Å². The fourth-order valence-corrected chi connectivity index (χ4v) is 4.03. The second kappa shape index (κ2) is 9.61. The third-order valence-corrected chi connectivity index (χ3v) is 5.59. The number of hydrogen-bond donors (Lipinski definition) is 0. The number of hydrogen-bond acceptors (Lipinski definition) is 3. The maximum Gasteiger partial charge on any atom is 0.135 e. The molecule has 0 radical (unpaired) electrons. The number of halogens is 1. The second-order valence-electron chi connectivity index (χ2n) is 7.90. The maximum absolute atomic E-state index is 15.0. The first kappa shape index (κ1) is 20.8. The third-order valence-electron chi connectivity index (χ3n) is 5.59. The van der Waals surface area contributed by atoms with Crippen LogP contribution in [0.5, 0.6) is 11.5 Å². The van der Waals surface area contributed by atoms with Crippen LogP contribution in [0, 0.1) is 5.82 Å². The molecule has 1 aliphatic heterocycles. The molecular formula is C29H23FN2O. The molecule has 33 heavy (non-hydrogen) atoms. The molecule has 0 atom stereocenters. The summed E-state index contributed by atoms with van der Waals surface area (Å²) in [6, 6.07) is 26.2. The lowest BCUT2D eigenvalue weighted by Gasteiger charge is -2.17. The lowest BCUT2D eigenvalue weighted by molar-refractivity contribution is 0.484. The van der Waals surface area contributed by atoms with Gasteiger partial charge in [0.25, 0.3) is 0 Å². The predicted octanol–water partition coefficient (Wildman–Crippen LogP) is 7.35. The number of benzene rings is 3. The molecule has 1 aliphatic rings. The van der Waals surface area contributed by atoms with Crippen LogP contribution < -0.4 is 4.74 Å². The fourth-order valence-electron chi connectivity index (χ4n) is 4.03. The summed E-state index contributed by atoms with van der Waals surface area (Å²) in [4.78, 5) is 8.99. The van der Waals surface area contributed by atoms with Crippen LogP contribution in [0.25, 0.3) is 17.2 Å². The van der Waals surface area contributed by atoms with Gasteiger partial charge in [-0.25, -0.2) is 4.39 Å². The van der Waals surface area contributed by atoms with Gasteiger partial charge < -0.3 is 4.74 Å². The number of aliphatic imine (C=N–C) groups is 1. The van der Waals surface area contributed by atoms with Gasteiger partial charge in [0.05, 0.1) is 5.71 Å². The van der Waals surface area contributed by atoms with Crippen molar-refractivity contribution in [2.75, 3.05) is 6.54 Å². The van der Waals surface area contributed by atoms with Crippen molar-refractivity contribution in [1.29, 1.82) is 0 Å². The Morgan fingerprint density at radius 1 is 0.848 bits per heavy atom. The van der Waals surface area contributed by atoms with Crippen LogP contribution in [0.2, 0.25) is 0 Å². The Morgan fingerprint density at radius 3 is 2.55 bits per heavy atom. The largest absolute Gasteiger partial charge is 0.457 e. The lowest BCUT2D eigenvalue weighted by atomic mass is 9.93. The Hall–Kier alpha value is -4.05. The first-order chi connectivity index (χ1) is 16.3. The van der Waals surface area contributed by atoms with Gasteiger partial charge in [-0.15, -0.1) is 0 Å². The van der Waals surface area contributed by atoms with Gasteiger partial charge in [0.2, 0.25) is 0 Å². The van der Waals surface area contributed by atoms with E-state index in [4.69, 9.17) is 9.73 Å². The van der Waals surface area contributed by atoms with Crippen LogP contribution in [0.4, 0.5) is 4.39 Å². The Labute approximate surface area is 192 Å². The van der Waals surface area contributed by atoms with E-state index in [1.807, 2.05) is 85.1 Å². The zero-order valence-electron chi connectivity index (χ0n) is 18.1. The van der Waals surface area contributed by atoms with Crippen LogP contribution in [0.15, 0.2) is 108 Å². The van der Waals surface area contributed by atoms with Crippen LogP contribution in [0.1, 0.15) is 24.0 Å². The molecule has 0 unspecified atom stereocenters. The molecule has 4 aromatic rings. The smallest absolute Gasteiger partial charge is 0.135 e. The van der Waals surface area contributed by atoms with E-state index in [9.17, 15) is 4.39 Å². The minimum absolute atomic E-state index is 0.286. The van der Waals surface area contributed by atoms with Crippen LogP contribution >= 0.6 is 0 Å². The van der Waals surface area contributed by atoms with E-state index >= 15 is 0 Å². The first-order valence-corrected chi connectivity index (χ1v) is 11.1. The van der Waals surface area contributed by atoms with Gasteiger partial charge in [-0.2, -0.15) is 0 Å². The average molecular weight is 435 g/mol. The van der Waals surface area contributed by atoms with Crippen molar-refractivity contribution < 1.29 is 9.13 Å².